The van der Waals surface area contributed by atoms with E-state index in [0.29, 0.717) is 34.2 Å². The standard InChI is InChI=1S/C25H32Cl3N3O5S/c1-6-16(3)29-25(33)22(7-2)30(14-17-8-10-19(26)20(27)12-17)24(32)15-31(37(5,34)35)18-9-11-23(36-4)21(28)13-18/h8-13,16,22H,6-7,14-15H2,1-5H3,(H,29,33)/t16-,22+/m0/s1. The first kappa shape index (κ1) is 31.0. The molecule has 0 saturated heterocycles. The fourth-order valence-electron chi connectivity index (χ4n) is 3.62. The zero-order chi connectivity index (χ0) is 27.9. The lowest BCUT2D eigenvalue weighted by Crippen LogP contribution is -2.53. The van der Waals surface area contributed by atoms with Gasteiger partial charge in [-0.15, -0.1) is 0 Å². The molecular weight excluding hydrogens is 561 g/mol. The van der Waals surface area contributed by atoms with Crippen LogP contribution < -0.4 is 14.4 Å². The number of sulfonamides is 1. The van der Waals surface area contributed by atoms with Crippen molar-refractivity contribution in [2.24, 2.45) is 0 Å². The zero-order valence-electron chi connectivity index (χ0n) is 21.4. The molecule has 204 valence electrons. The van der Waals surface area contributed by atoms with Crippen LogP contribution in [0.1, 0.15) is 39.2 Å². The van der Waals surface area contributed by atoms with Gasteiger partial charge in [0.05, 0.1) is 34.1 Å². The molecular formula is C25H32Cl3N3O5S. The van der Waals surface area contributed by atoms with Crippen LogP contribution >= 0.6 is 34.8 Å². The molecule has 0 bridgehead atoms. The van der Waals surface area contributed by atoms with E-state index in [4.69, 9.17) is 39.5 Å². The van der Waals surface area contributed by atoms with E-state index in [9.17, 15) is 18.0 Å². The molecule has 0 saturated carbocycles. The number of carbonyl (C=O) groups is 2. The molecule has 2 atom stereocenters. The summed E-state index contributed by atoms with van der Waals surface area (Å²) >= 11 is 18.4. The molecule has 0 radical (unpaired) electrons. The van der Waals surface area contributed by atoms with Crippen LogP contribution in [0.3, 0.4) is 0 Å². The maximum Gasteiger partial charge on any atom is 0.244 e. The average molecular weight is 593 g/mol. The van der Waals surface area contributed by atoms with Crippen LogP contribution in [0.25, 0.3) is 0 Å². The number of ether oxygens (including phenoxy) is 1. The SMILES string of the molecule is CC[C@H](C(=O)N[C@@H](C)CC)N(Cc1ccc(Cl)c(Cl)c1)C(=O)CN(c1ccc(OC)c(Cl)c1)S(C)(=O)=O. The molecule has 1 N–H and O–H groups in total. The monoisotopic (exact) mass is 591 g/mol. The maximum atomic E-state index is 13.7. The zero-order valence-corrected chi connectivity index (χ0v) is 24.5. The molecule has 12 heteroatoms. The quantitative estimate of drug-likeness (QED) is 0.368. The van der Waals surface area contributed by atoms with Crippen LogP contribution in [0.15, 0.2) is 36.4 Å². The van der Waals surface area contributed by atoms with Crippen molar-refractivity contribution in [3.63, 3.8) is 0 Å². The second-order valence-corrected chi connectivity index (χ2v) is 11.7. The van der Waals surface area contributed by atoms with Crippen LogP contribution in [-0.2, 0) is 26.2 Å². The highest BCUT2D eigenvalue weighted by atomic mass is 35.5. The van der Waals surface area contributed by atoms with Crippen molar-refractivity contribution in [3.05, 3.63) is 57.0 Å². The lowest BCUT2D eigenvalue weighted by Gasteiger charge is -2.33. The minimum Gasteiger partial charge on any atom is -0.495 e. The van der Waals surface area contributed by atoms with Gasteiger partial charge in [0.2, 0.25) is 21.8 Å². The third kappa shape index (κ3) is 8.40. The van der Waals surface area contributed by atoms with Crippen molar-refractivity contribution in [1.82, 2.24) is 10.2 Å². The molecule has 0 unspecified atom stereocenters. The number of carbonyl (C=O) groups excluding carboxylic acids is 2. The maximum absolute atomic E-state index is 13.7. The number of nitrogens with one attached hydrogen (secondary N) is 1. The van der Waals surface area contributed by atoms with Gasteiger partial charge in [0, 0.05) is 12.6 Å². The van der Waals surface area contributed by atoms with Gasteiger partial charge in [-0.25, -0.2) is 8.42 Å². The van der Waals surface area contributed by atoms with E-state index in [0.717, 1.165) is 10.6 Å². The Hall–Kier alpha value is -2.20. The number of anilines is 1. The Balaban J connectivity index is 2.49. The lowest BCUT2D eigenvalue weighted by molar-refractivity contribution is -0.140. The molecule has 2 aromatic carbocycles. The molecule has 2 amide bonds. The summed E-state index contributed by atoms with van der Waals surface area (Å²) in [6.07, 6.45) is 2.01. The largest absolute Gasteiger partial charge is 0.495 e. The highest BCUT2D eigenvalue weighted by Crippen LogP contribution is 2.30. The number of nitrogens with zero attached hydrogens (tertiary/aromatic N) is 2. The summed E-state index contributed by atoms with van der Waals surface area (Å²) in [5, 5.41) is 3.75. The van der Waals surface area contributed by atoms with E-state index in [2.05, 4.69) is 5.32 Å². The van der Waals surface area contributed by atoms with Gasteiger partial charge >= 0.3 is 0 Å². The molecule has 0 aromatic heterocycles. The van der Waals surface area contributed by atoms with Gasteiger partial charge in [-0.2, -0.15) is 0 Å². The number of halogens is 3. The van der Waals surface area contributed by atoms with E-state index >= 15 is 0 Å². The van der Waals surface area contributed by atoms with E-state index in [-0.39, 0.29) is 29.2 Å². The first-order chi connectivity index (χ1) is 17.3. The molecule has 0 spiro atoms. The van der Waals surface area contributed by atoms with E-state index in [1.54, 1.807) is 25.1 Å². The Labute approximate surface area is 233 Å². The highest BCUT2D eigenvalue weighted by Gasteiger charge is 2.32. The Morgan fingerprint density at radius 1 is 1.00 bits per heavy atom. The van der Waals surface area contributed by atoms with E-state index < -0.39 is 28.5 Å². The summed E-state index contributed by atoms with van der Waals surface area (Å²) in [6, 6.07) is 8.38. The van der Waals surface area contributed by atoms with Crippen LogP contribution in [0.2, 0.25) is 15.1 Å². The molecule has 37 heavy (non-hydrogen) atoms. The van der Waals surface area contributed by atoms with Crippen molar-refractivity contribution >= 4 is 62.3 Å². The fourth-order valence-corrected chi connectivity index (χ4v) is 5.03. The molecule has 0 aliphatic rings. The minimum atomic E-state index is -3.90. The molecule has 0 aliphatic heterocycles. The normalized spacial score (nSPS) is 13.0. The number of hydrogen-bond donors (Lipinski definition) is 1. The minimum absolute atomic E-state index is 0.0170. The van der Waals surface area contributed by atoms with Crippen molar-refractivity contribution in [2.75, 3.05) is 24.2 Å². The molecule has 2 rings (SSSR count). The predicted octanol–water partition coefficient (Wildman–Crippen LogP) is 5.14. The van der Waals surface area contributed by atoms with Gasteiger partial charge in [-0.3, -0.25) is 13.9 Å². The second-order valence-electron chi connectivity index (χ2n) is 8.60. The summed E-state index contributed by atoms with van der Waals surface area (Å²) in [4.78, 5) is 28.2. The average Bonchev–Trinajstić information content (AvgIpc) is 2.83. The van der Waals surface area contributed by atoms with Crippen molar-refractivity contribution in [1.29, 1.82) is 0 Å². The van der Waals surface area contributed by atoms with Crippen LogP contribution in [0, 0.1) is 0 Å². The molecule has 0 fully saturated rings. The number of methoxy groups -OCH3 is 1. The van der Waals surface area contributed by atoms with E-state index in [1.807, 2.05) is 13.8 Å². The van der Waals surface area contributed by atoms with E-state index in [1.165, 1.54) is 30.2 Å². The van der Waals surface area contributed by atoms with Gasteiger partial charge < -0.3 is 15.0 Å². The Morgan fingerprint density at radius 3 is 2.19 bits per heavy atom. The van der Waals surface area contributed by atoms with Crippen LogP contribution in [0.5, 0.6) is 5.75 Å². The van der Waals surface area contributed by atoms with Gasteiger partial charge in [-0.1, -0.05) is 54.7 Å². The van der Waals surface area contributed by atoms with Gasteiger partial charge in [0.1, 0.15) is 18.3 Å². The van der Waals surface area contributed by atoms with Crippen LogP contribution in [0.4, 0.5) is 5.69 Å². The van der Waals surface area contributed by atoms with Crippen LogP contribution in [-0.4, -0.2) is 57.1 Å². The number of hydrogen-bond acceptors (Lipinski definition) is 5. The van der Waals surface area contributed by atoms with Crippen molar-refractivity contribution in [3.8, 4) is 5.75 Å². The van der Waals surface area contributed by atoms with Crippen molar-refractivity contribution in [2.45, 2.75) is 52.2 Å². The van der Waals surface area contributed by atoms with Gasteiger partial charge in [-0.05, 0) is 55.7 Å². The fraction of sp³-hybridized carbons (Fsp3) is 0.440. The number of rotatable bonds is 12. The summed E-state index contributed by atoms with van der Waals surface area (Å²) in [7, 11) is -2.46. The topological polar surface area (TPSA) is 96.0 Å². The number of amides is 2. The third-order valence-electron chi connectivity index (χ3n) is 5.83. The molecule has 2 aromatic rings. The molecule has 8 nitrogen and oxygen atoms in total. The molecule has 0 aliphatic carbocycles. The Kier molecular flexibility index (Phi) is 11.4. The Bertz CT molecular complexity index is 1230. The first-order valence-corrected chi connectivity index (χ1v) is 14.7. The number of benzene rings is 2. The predicted molar refractivity (Wildman–Crippen MR) is 149 cm³/mol. The summed E-state index contributed by atoms with van der Waals surface area (Å²) < 4.78 is 31.5. The van der Waals surface area contributed by atoms with Crippen molar-refractivity contribution < 1.29 is 22.7 Å². The summed E-state index contributed by atoms with van der Waals surface area (Å²) in [5.74, 6) is -0.544. The van der Waals surface area contributed by atoms with Gasteiger partial charge in [0.15, 0.2) is 0 Å². The Morgan fingerprint density at radius 2 is 1.68 bits per heavy atom. The first-order valence-electron chi connectivity index (χ1n) is 11.7. The third-order valence-corrected chi connectivity index (χ3v) is 8.00. The summed E-state index contributed by atoms with van der Waals surface area (Å²) in [5.41, 5.74) is 0.823. The van der Waals surface area contributed by atoms with Gasteiger partial charge in [0.25, 0.3) is 0 Å². The second kappa shape index (κ2) is 13.6. The highest BCUT2D eigenvalue weighted by molar-refractivity contribution is 7.92. The lowest BCUT2D eigenvalue weighted by atomic mass is 10.1. The smallest absolute Gasteiger partial charge is 0.244 e. The summed E-state index contributed by atoms with van der Waals surface area (Å²) in [6.45, 7) is 5.07. The molecule has 0 heterocycles.